The molecule has 26 heavy (non-hydrogen) atoms. The fourth-order valence-corrected chi connectivity index (χ4v) is 3.80. The van der Waals surface area contributed by atoms with Crippen LogP contribution in [0.2, 0.25) is 0 Å². The number of nitrogens with zero attached hydrogens (tertiary/aromatic N) is 3. The van der Waals surface area contributed by atoms with E-state index < -0.39 is 0 Å². The van der Waals surface area contributed by atoms with Crippen molar-refractivity contribution in [1.82, 2.24) is 20.1 Å². The SMILES string of the molecule is Cc1nn(-c2ccccn2)c(C)c1[C@H]1C=C[C@@H](NCc2ccccc2)C1. The van der Waals surface area contributed by atoms with Gasteiger partial charge in [-0.05, 0) is 38.0 Å². The Bertz CT molecular complexity index is 897. The average Bonchev–Trinajstić information content (AvgIpc) is 3.25. The molecule has 0 aliphatic heterocycles. The molecule has 0 saturated carbocycles. The Morgan fingerprint density at radius 3 is 2.62 bits per heavy atom. The molecule has 132 valence electrons. The molecule has 0 radical (unpaired) electrons. The topological polar surface area (TPSA) is 42.7 Å². The van der Waals surface area contributed by atoms with Gasteiger partial charge in [0.15, 0.2) is 5.82 Å². The van der Waals surface area contributed by atoms with Crippen LogP contribution in [0.3, 0.4) is 0 Å². The Kier molecular flexibility index (Phi) is 4.67. The molecule has 4 heteroatoms. The number of pyridine rings is 1. The highest BCUT2D eigenvalue weighted by atomic mass is 15.3. The van der Waals surface area contributed by atoms with E-state index in [2.05, 4.69) is 66.6 Å². The largest absolute Gasteiger partial charge is 0.306 e. The van der Waals surface area contributed by atoms with Crippen molar-refractivity contribution in [3.8, 4) is 5.82 Å². The van der Waals surface area contributed by atoms with E-state index in [1.807, 2.05) is 29.1 Å². The number of hydrogen-bond donors (Lipinski definition) is 1. The predicted octanol–water partition coefficient (Wildman–Crippen LogP) is 4.09. The highest BCUT2D eigenvalue weighted by Crippen LogP contribution is 2.33. The van der Waals surface area contributed by atoms with Crippen LogP contribution in [0.15, 0.2) is 66.9 Å². The Balaban J connectivity index is 1.48. The van der Waals surface area contributed by atoms with Gasteiger partial charge in [0.05, 0.1) is 5.69 Å². The van der Waals surface area contributed by atoms with Crippen LogP contribution in [0.4, 0.5) is 0 Å². The number of nitrogens with one attached hydrogen (secondary N) is 1. The fourth-order valence-electron chi connectivity index (χ4n) is 3.80. The van der Waals surface area contributed by atoms with Gasteiger partial charge in [-0.25, -0.2) is 9.67 Å². The number of rotatable bonds is 5. The average molecular weight is 344 g/mol. The molecule has 0 bridgehead atoms. The number of allylic oxidation sites excluding steroid dienone is 1. The Morgan fingerprint density at radius 2 is 1.85 bits per heavy atom. The third kappa shape index (κ3) is 3.33. The van der Waals surface area contributed by atoms with Crippen molar-refractivity contribution >= 4 is 0 Å². The van der Waals surface area contributed by atoms with Crippen molar-refractivity contribution in [1.29, 1.82) is 0 Å². The van der Waals surface area contributed by atoms with Crippen molar-refractivity contribution in [2.75, 3.05) is 0 Å². The number of aryl methyl sites for hydroxylation is 1. The van der Waals surface area contributed by atoms with Crippen LogP contribution in [-0.4, -0.2) is 20.8 Å². The predicted molar refractivity (Wildman–Crippen MR) is 104 cm³/mol. The lowest BCUT2D eigenvalue weighted by atomic mass is 9.96. The summed E-state index contributed by atoms with van der Waals surface area (Å²) in [6.45, 7) is 5.14. The summed E-state index contributed by atoms with van der Waals surface area (Å²) in [7, 11) is 0. The standard InChI is InChI=1S/C22H24N4/c1-16-22(17(2)26(25-16)21-10-6-7-13-23-21)19-11-12-20(14-19)24-15-18-8-4-3-5-9-18/h3-13,19-20,24H,14-15H2,1-2H3/t19-,20+/m0/s1. The Morgan fingerprint density at radius 1 is 1.04 bits per heavy atom. The third-order valence-corrected chi connectivity index (χ3v) is 5.08. The number of benzene rings is 1. The summed E-state index contributed by atoms with van der Waals surface area (Å²) < 4.78 is 1.96. The molecular weight excluding hydrogens is 320 g/mol. The minimum absolute atomic E-state index is 0.400. The van der Waals surface area contributed by atoms with Crippen molar-refractivity contribution in [2.24, 2.45) is 0 Å². The van der Waals surface area contributed by atoms with Crippen LogP contribution in [0.5, 0.6) is 0 Å². The van der Waals surface area contributed by atoms with E-state index in [1.54, 1.807) is 0 Å². The normalized spacial score (nSPS) is 19.2. The molecule has 4 nitrogen and oxygen atoms in total. The minimum atomic E-state index is 0.400. The summed E-state index contributed by atoms with van der Waals surface area (Å²) in [6.07, 6.45) is 7.50. The van der Waals surface area contributed by atoms with Crippen LogP contribution in [0.25, 0.3) is 5.82 Å². The quantitative estimate of drug-likeness (QED) is 0.709. The molecule has 2 aromatic heterocycles. The zero-order valence-corrected chi connectivity index (χ0v) is 15.3. The Labute approximate surface area is 154 Å². The van der Waals surface area contributed by atoms with Crippen LogP contribution in [-0.2, 0) is 6.54 Å². The molecule has 0 fully saturated rings. The van der Waals surface area contributed by atoms with Gasteiger partial charge in [0.25, 0.3) is 0 Å². The monoisotopic (exact) mass is 344 g/mol. The lowest BCUT2D eigenvalue weighted by Gasteiger charge is -2.15. The van der Waals surface area contributed by atoms with E-state index in [0.29, 0.717) is 12.0 Å². The van der Waals surface area contributed by atoms with Crippen LogP contribution in [0.1, 0.15) is 34.9 Å². The highest BCUT2D eigenvalue weighted by Gasteiger charge is 2.26. The van der Waals surface area contributed by atoms with Gasteiger partial charge in [0.1, 0.15) is 0 Å². The molecule has 1 aliphatic carbocycles. The van der Waals surface area contributed by atoms with E-state index in [1.165, 1.54) is 16.8 Å². The number of aromatic nitrogens is 3. The summed E-state index contributed by atoms with van der Waals surface area (Å²) in [5, 5.41) is 8.39. The molecule has 2 heterocycles. The van der Waals surface area contributed by atoms with Gasteiger partial charge in [-0.1, -0.05) is 48.6 Å². The summed E-state index contributed by atoms with van der Waals surface area (Å²) >= 11 is 0. The maximum absolute atomic E-state index is 4.74. The second-order valence-electron chi connectivity index (χ2n) is 6.88. The lowest BCUT2D eigenvalue weighted by Crippen LogP contribution is -2.25. The molecule has 4 rings (SSSR count). The molecule has 0 amide bonds. The van der Waals surface area contributed by atoms with Gasteiger partial charge >= 0.3 is 0 Å². The summed E-state index contributed by atoms with van der Waals surface area (Å²) in [5.41, 5.74) is 4.92. The lowest BCUT2D eigenvalue weighted by molar-refractivity contribution is 0.559. The second kappa shape index (κ2) is 7.26. The number of hydrogen-bond acceptors (Lipinski definition) is 3. The third-order valence-electron chi connectivity index (χ3n) is 5.08. The van der Waals surface area contributed by atoms with E-state index in [-0.39, 0.29) is 0 Å². The van der Waals surface area contributed by atoms with Crippen LogP contribution < -0.4 is 5.32 Å². The molecule has 2 atom stereocenters. The minimum Gasteiger partial charge on any atom is -0.306 e. The summed E-state index contributed by atoms with van der Waals surface area (Å²) in [5.74, 6) is 1.28. The maximum Gasteiger partial charge on any atom is 0.153 e. The summed E-state index contributed by atoms with van der Waals surface area (Å²) in [6, 6.07) is 16.9. The zero-order chi connectivity index (χ0) is 17.9. The molecule has 3 aromatic rings. The van der Waals surface area contributed by atoms with Crippen LogP contribution in [0, 0.1) is 13.8 Å². The van der Waals surface area contributed by atoms with Gasteiger partial charge in [-0.3, -0.25) is 0 Å². The van der Waals surface area contributed by atoms with Gasteiger partial charge in [0, 0.05) is 36.0 Å². The first-order valence-corrected chi connectivity index (χ1v) is 9.15. The van der Waals surface area contributed by atoms with Crippen molar-refractivity contribution in [2.45, 2.75) is 38.8 Å². The first-order valence-electron chi connectivity index (χ1n) is 9.15. The maximum atomic E-state index is 4.74. The first kappa shape index (κ1) is 16.7. The summed E-state index contributed by atoms with van der Waals surface area (Å²) in [4.78, 5) is 4.44. The smallest absolute Gasteiger partial charge is 0.153 e. The Hall–Kier alpha value is -2.72. The second-order valence-corrected chi connectivity index (χ2v) is 6.88. The molecular formula is C22H24N4. The van der Waals surface area contributed by atoms with E-state index >= 15 is 0 Å². The van der Waals surface area contributed by atoms with Gasteiger partial charge in [0.2, 0.25) is 0 Å². The molecule has 0 saturated heterocycles. The molecule has 0 spiro atoms. The van der Waals surface area contributed by atoms with Crippen molar-refractivity contribution in [3.63, 3.8) is 0 Å². The first-order chi connectivity index (χ1) is 12.7. The van der Waals surface area contributed by atoms with E-state index in [0.717, 1.165) is 24.5 Å². The fraction of sp³-hybridized carbons (Fsp3) is 0.273. The zero-order valence-electron chi connectivity index (χ0n) is 15.3. The van der Waals surface area contributed by atoms with Crippen molar-refractivity contribution < 1.29 is 0 Å². The van der Waals surface area contributed by atoms with E-state index in [9.17, 15) is 0 Å². The van der Waals surface area contributed by atoms with E-state index in [4.69, 9.17) is 5.10 Å². The molecule has 1 aliphatic rings. The van der Waals surface area contributed by atoms with Crippen LogP contribution >= 0.6 is 0 Å². The molecule has 1 N–H and O–H groups in total. The molecule has 0 unspecified atom stereocenters. The highest BCUT2D eigenvalue weighted by molar-refractivity contribution is 5.38. The van der Waals surface area contributed by atoms with Gasteiger partial charge in [-0.15, -0.1) is 0 Å². The molecule has 1 aromatic carbocycles. The van der Waals surface area contributed by atoms with Gasteiger partial charge < -0.3 is 5.32 Å². The van der Waals surface area contributed by atoms with Gasteiger partial charge in [-0.2, -0.15) is 5.10 Å². The van der Waals surface area contributed by atoms with Crippen molar-refractivity contribution in [3.05, 3.63) is 89.4 Å².